The van der Waals surface area contributed by atoms with Gasteiger partial charge in [0.05, 0.1) is 5.69 Å². The maximum absolute atomic E-state index is 9.06. The van der Waals surface area contributed by atoms with Crippen molar-refractivity contribution in [2.45, 2.75) is 19.4 Å². The van der Waals surface area contributed by atoms with Crippen LogP contribution in [0.1, 0.15) is 18.5 Å². The third-order valence-electron chi connectivity index (χ3n) is 3.13. The zero-order chi connectivity index (χ0) is 11.4. The zero-order valence-electron chi connectivity index (χ0n) is 9.27. The van der Waals surface area contributed by atoms with Crippen molar-refractivity contribution < 1.29 is 5.11 Å². The minimum Gasteiger partial charge on any atom is -0.396 e. The maximum Gasteiger partial charge on any atom is 0.0558 e. The second-order valence-electron chi connectivity index (χ2n) is 4.37. The number of piperidine rings is 1. The Bertz CT molecular complexity index is 338. The fourth-order valence-corrected chi connectivity index (χ4v) is 2.27. The Morgan fingerprint density at radius 2 is 2.19 bits per heavy atom. The summed E-state index contributed by atoms with van der Waals surface area (Å²) in [6.07, 6.45) is 3.91. The van der Waals surface area contributed by atoms with Crippen LogP contribution in [0.25, 0.3) is 0 Å². The molecule has 0 radical (unpaired) electrons. The van der Waals surface area contributed by atoms with Gasteiger partial charge in [-0.15, -0.1) is 0 Å². The van der Waals surface area contributed by atoms with E-state index in [-0.39, 0.29) is 0 Å². The van der Waals surface area contributed by atoms with Gasteiger partial charge < -0.3 is 5.11 Å². The van der Waals surface area contributed by atoms with Crippen LogP contribution < -0.4 is 0 Å². The van der Waals surface area contributed by atoms with Gasteiger partial charge in [0.15, 0.2) is 0 Å². The Morgan fingerprint density at radius 3 is 2.81 bits per heavy atom. The molecule has 0 atom stereocenters. The number of rotatable bonds is 3. The largest absolute Gasteiger partial charge is 0.396 e. The molecule has 1 aliphatic rings. The lowest BCUT2D eigenvalue weighted by atomic mass is 9.98. The van der Waals surface area contributed by atoms with E-state index in [9.17, 15) is 0 Å². The summed E-state index contributed by atoms with van der Waals surface area (Å²) in [7, 11) is 0. The standard InChI is InChI=1S/C12H17ClN2O/c13-11-1-4-14-12(7-11)8-15-5-2-10(9-16)3-6-15/h1,4,7,10,16H,2-3,5-6,8-9H2. The van der Waals surface area contributed by atoms with E-state index in [0.717, 1.165) is 43.2 Å². The number of aromatic nitrogens is 1. The summed E-state index contributed by atoms with van der Waals surface area (Å²) in [6.45, 7) is 3.26. The molecule has 1 aromatic rings. The van der Waals surface area contributed by atoms with Crippen LogP contribution in [0.15, 0.2) is 18.3 Å². The first-order chi connectivity index (χ1) is 7.78. The minimum atomic E-state index is 0.323. The molecular formula is C12H17ClN2O. The number of aliphatic hydroxyl groups is 1. The number of pyridine rings is 1. The van der Waals surface area contributed by atoms with Gasteiger partial charge in [0.2, 0.25) is 0 Å². The quantitative estimate of drug-likeness (QED) is 0.877. The molecule has 0 saturated carbocycles. The van der Waals surface area contributed by atoms with Gasteiger partial charge >= 0.3 is 0 Å². The van der Waals surface area contributed by atoms with Gasteiger partial charge in [0, 0.05) is 24.4 Å². The van der Waals surface area contributed by atoms with Crippen LogP contribution >= 0.6 is 11.6 Å². The predicted molar refractivity (Wildman–Crippen MR) is 64.3 cm³/mol. The molecular weight excluding hydrogens is 224 g/mol. The molecule has 1 aromatic heterocycles. The molecule has 4 heteroatoms. The van der Waals surface area contributed by atoms with Crippen molar-refractivity contribution in [2.24, 2.45) is 5.92 Å². The van der Waals surface area contributed by atoms with Gasteiger partial charge in [-0.3, -0.25) is 9.88 Å². The fraction of sp³-hybridized carbons (Fsp3) is 0.583. The molecule has 0 spiro atoms. The van der Waals surface area contributed by atoms with Gasteiger partial charge in [-0.05, 0) is 44.0 Å². The molecule has 16 heavy (non-hydrogen) atoms. The summed E-state index contributed by atoms with van der Waals surface area (Å²) < 4.78 is 0. The minimum absolute atomic E-state index is 0.323. The monoisotopic (exact) mass is 240 g/mol. The maximum atomic E-state index is 9.06. The topological polar surface area (TPSA) is 36.4 Å². The summed E-state index contributed by atoms with van der Waals surface area (Å²) in [5.41, 5.74) is 1.02. The van der Waals surface area contributed by atoms with E-state index in [2.05, 4.69) is 9.88 Å². The molecule has 1 fully saturated rings. The number of hydrogen-bond acceptors (Lipinski definition) is 3. The van der Waals surface area contributed by atoms with E-state index < -0.39 is 0 Å². The molecule has 1 aliphatic heterocycles. The van der Waals surface area contributed by atoms with E-state index in [4.69, 9.17) is 16.7 Å². The number of halogens is 1. The first kappa shape index (κ1) is 11.8. The number of nitrogens with zero attached hydrogens (tertiary/aromatic N) is 2. The lowest BCUT2D eigenvalue weighted by Gasteiger charge is -2.30. The molecule has 0 aliphatic carbocycles. The molecule has 3 nitrogen and oxygen atoms in total. The Morgan fingerprint density at radius 1 is 1.44 bits per heavy atom. The molecule has 1 saturated heterocycles. The van der Waals surface area contributed by atoms with E-state index in [1.165, 1.54) is 0 Å². The third kappa shape index (κ3) is 3.17. The molecule has 0 amide bonds. The summed E-state index contributed by atoms with van der Waals surface area (Å²) in [6, 6.07) is 3.71. The van der Waals surface area contributed by atoms with E-state index in [1.807, 2.05) is 6.07 Å². The lowest BCUT2D eigenvalue weighted by molar-refractivity contribution is 0.126. The van der Waals surface area contributed by atoms with Crippen LogP contribution in [0.3, 0.4) is 0 Å². The van der Waals surface area contributed by atoms with Gasteiger partial charge in [-0.1, -0.05) is 11.6 Å². The van der Waals surface area contributed by atoms with Crippen LogP contribution in [0.2, 0.25) is 5.02 Å². The van der Waals surface area contributed by atoms with Crippen molar-refractivity contribution in [1.29, 1.82) is 0 Å². The normalized spacial score (nSPS) is 18.9. The summed E-state index contributed by atoms with van der Waals surface area (Å²) in [5.74, 6) is 0.489. The predicted octanol–water partition coefficient (Wildman–Crippen LogP) is 1.94. The molecule has 88 valence electrons. The van der Waals surface area contributed by atoms with Gasteiger partial charge in [-0.2, -0.15) is 0 Å². The second-order valence-corrected chi connectivity index (χ2v) is 4.80. The van der Waals surface area contributed by atoms with Crippen LogP contribution in [-0.4, -0.2) is 34.7 Å². The van der Waals surface area contributed by atoms with Crippen LogP contribution in [0.4, 0.5) is 0 Å². The molecule has 0 unspecified atom stereocenters. The first-order valence-electron chi connectivity index (χ1n) is 5.71. The molecule has 0 bridgehead atoms. The molecule has 2 heterocycles. The van der Waals surface area contributed by atoms with Crippen molar-refractivity contribution in [3.63, 3.8) is 0 Å². The Balaban J connectivity index is 1.87. The Kier molecular flexibility index (Phi) is 4.16. The van der Waals surface area contributed by atoms with Crippen molar-refractivity contribution >= 4 is 11.6 Å². The zero-order valence-corrected chi connectivity index (χ0v) is 10.0. The van der Waals surface area contributed by atoms with E-state index >= 15 is 0 Å². The molecule has 0 aromatic carbocycles. The van der Waals surface area contributed by atoms with Crippen molar-refractivity contribution in [2.75, 3.05) is 19.7 Å². The SMILES string of the molecule is OCC1CCN(Cc2cc(Cl)ccn2)CC1. The third-order valence-corrected chi connectivity index (χ3v) is 3.36. The highest BCUT2D eigenvalue weighted by Gasteiger charge is 2.18. The summed E-state index contributed by atoms with van der Waals surface area (Å²) in [5, 5.41) is 9.80. The van der Waals surface area contributed by atoms with Crippen molar-refractivity contribution in [3.8, 4) is 0 Å². The number of aliphatic hydroxyl groups excluding tert-OH is 1. The van der Waals surface area contributed by atoms with E-state index in [0.29, 0.717) is 12.5 Å². The highest BCUT2D eigenvalue weighted by molar-refractivity contribution is 6.30. The fourth-order valence-electron chi connectivity index (χ4n) is 2.09. The van der Waals surface area contributed by atoms with Crippen molar-refractivity contribution in [1.82, 2.24) is 9.88 Å². The average molecular weight is 241 g/mol. The Labute approximate surface area is 101 Å². The van der Waals surface area contributed by atoms with Crippen LogP contribution in [-0.2, 0) is 6.54 Å². The highest BCUT2D eigenvalue weighted by atomic mass is 35.5. The van der Waals surface area contributed by atoms with Crippen LogP contribution in [0.5, 0.6) is 0 Å². The summed E-state index contributed by atoms with van der Waals surface area (Å²) in [4.78, 5) is 6.66. The van der Waals surface area contributed by atoms with Gasteiger partial charge in [0.25, 0.3) is 0 Å². The number of likely N-dealkylation sites (tertiary alicyclic amines) is 1. The second kappa shape index (κ2) is 5.62. The average Bonchev–Trinajstić information content (AvgIpc) is 2.30. The molecule has 2 rings (SSSR count). The van der Waals surface area contributed by atoms with Crippen molar-refractivity contribution in [3.05, 3.63) is 29.0 Å². The van der Waals surface area contributed by atoms with Gasteiger partial charge in [0.1, 0.15) is 0 Å². The van der Waals surface area contributed by atoms with Crippen LogP contribution in [0, 0.1) is 5.92 Å². The Hall–Kier alpha value is -0.640. The highest BCUT2D eigenvalue weighted by Crippen LogP contribution is 2.18. The molecule has 1 N–H and O–H groups in total. The number of hydrogen-bond donors (Lipinski definition) is 1. The van der Waals surface area contributed by atoms with E-state index in [1.54, 1.807) is 12.3 Å². The lowest BCUT2D eigenvalue weighted by Crippen LogP contribution is -2.34. The van der Waals surface area contributed by atoms with Gasteiger partial charge in [-0.25, -0.2) is 0 Å². The smallest absolute Gasteiger partial charge is 0.0558 e. The first-order valence-corrected chi connectivity index (χ1v) is 6.09. The summed E-state index contributed by atoms with van der Waals surface area (Å²) >= 11 is 5.92.